The van der Waals surface area contributed by atoms with Crippen molar-refractivity contribution in [2.24, 2.45) is 0 Å². The summed E-state index contributed by atoms with van der Waals surface area (Å²) >= 11 is 0. The quantitative estimate of drug-likeness (QED) is 0.806. The number of aromatic nitrogens is 3. The average molecular weight is 208 g/mol. The van der Waals surface area contributed by atoms with Crippen LogP contribution in [0.5, 0.6) is 0 Å². The summed E-state index contributed by atoms with van der Waals surface area (Å²) in [4.78, 5) is 4.06. The van der Waals surface area contributed by atoms with Gasteiger partial charge in [-0.1, -0.05) is 10.3 Å². The maximum absolute atomic E-state index is 5.03. The van der Waals surface area contributed by atoms with Gasteiger partial charge in [0, 0.05) is 13.0 Å². The zero-order chi connectivity index (χ0) is 10.7. The van der Waals surface area contributed by atoms with Crippen molar-refractivity contribution in [1.29, 1.82) is 0 Å². The highest BCUT2D eigenvalue weighted by atomic mass is 16.5. The summed E-state index contributed by atoms with van der Waals surface area (Å²) in [5.74, 6) is 2.01. The van der Waals surface area contributed by atoms with Gasteiger partial charge in [-0.2, -0.15) is 4.98 Å². The molecule has 15 heavy (non-hydrogen) atoms. The highest BCUT2D eigenvalue weighted by Gasteiger charge is 2.03. The first kappa shape index (κ1) is 9.85. The molecule has 0 saturated heterocycles. The molecule has 2 rings (SSSR count). The van der Waals surface area contributed by atoms with Crippen molar-refractivity contribution >= 4 is 0 Å². The molecule has 0 bridgehead atoms. The molecule has 2 aromatic rings. The number of hydrogen-bond donors (Lipinski definition) is 1. The average Bonchev–Trinajstić information content (AvgIpc) is 2.76. The highest BCUT2D eigenvalue weighted by Crippen LogP contribution is 2.01. The van der Waals surface area contributed by atoms with Crippen LogP contribution >= 0.6 is 0 Å². The van der Waals surface area contributed by atoms with Crippen LogP contribution in [-0.4, -0.2) is 15.3 Å². The fourth-order valence-electron chi connectivity index (χ4n) is 1.21. The molecule has 0 fully saturated rings. The van der Waals surface area contributed by atoms with Crippen molar-refractivity contribution < 1.29 is 9.05 Å². The van der Waals surface area contributed by atoms with Crippen LogP contribution in [0.3, 0.4) is 0 Å². The lowest BCUT2D eigenvalue weighted by Gasteiger charge is -1.95. The molecule has 0 radical (unpaired) electrons. The Kier molecular flexibility index (Phi) is 2.77. The predicted octanol–water partition coefficient (Wildman–Crippen LogP) is 0.964. The van der Waals surface area contributed by atoms with Gasteiger partial charge >= 0.3 is 0 Å². The van der Waals surface area contributed by atoms with E-state index in [0.717, 1.165) is 11.5 Å². The minimum Gasteiger partial charge on any atom is -0.360 e. The van der Waals surface area contributed by atoms with Crippen LogP contribution in [-0.2, 0) is 13.1 Å². The van der Waals surface area contributed by atoms with E-state index in [0.29, 0.717) is 24.8 Å². The Balaban J connectivity index is 1.80. The van der Waals surface area contributed by atoms with Gasteiger partial charge in [0.15, 0.2) is 11.6 Å². The van der Waals surface area contributed by atoms with Gasteiger partial charge in [-0.05, 0) is 6.92 Å². The van der Waals surface area contributed by atoms with E-state index in [2.05, 4.69) is 20.6 Å². The number of nitrogens with zero attached hydrogens (tertiary/aromatic N) is 3. The fraction of sp³-hybridized carbons (Fsp3) is 0.444. The van der Waals surface area contributed by atoms with Gasteiger partial charge in [0.2, 0.25) is 5.89 Å². The van der Waals surface area contributed by atoms with E-state index in [4.69, 9.17) is 9.05 Å². The molecule has 0 spiro atoms. The molecule has 0 aromatic carbocycles. The number of hydrogen-bond acceptors (Lipinski definition) is 6. The largest absolute Gasteiger partial charge is 0.360 e. The fourth-order valence-corrected chi connectivity index (χ4v) is 1.21. The molecule has 6 nitrogen and oxygen atoms in total. The molecule has 80 valence electrons. The summed E-state index contributed by atoms with van der Waals surface area (Å²) in [5, 5.41) is 10.7. The Hall–Kier alpha value is -1.69. The minimum atomic E-state index is 0.553. The molecule has 1 N–H and O–H groups in total. The van der Waals surface area contributed by atoms with Crippen LogP contribution in [0, 0.1) is 13.8 Å². The third-order valence-electron chi connectivity index (χ3n) is 1.83. The highest BCUT2D eigenvalue weighted by molar-refractivity contribution is 5.02. The third-order valence-corrected chi connectivity index (χ3v) is 1.83. The summed E-state index contributed by atoms with van der Waals surface area (Å²) in [6, 6.07) is 1.88. The Morgan fingerprint density at radius 3 is 2.67 bits per heavy atom. The summed E-state index contributed by atoms with van der Waals surface area (Å²) in [6.45, 7) is 4.80. The zero-order valence-corrected chi connectivity index (χ0v) is 8.65. The molecule has 2 heterocycles. The SMILES string of the molecule is Cc1cc(CNCc2noc(C)n2)on1. The summed E-state index contributed by atoms with van der Waals surface area (Å²) < 4.78 is 9.87. The van der Waals surface area contributed by atoms with Crippen LogP contribution in [0.15, 0.2) is 15.1 Å². The van der Waals surface area contributed by atoms with E-state index in [1.807, 2.05) is 13.0 Å². The molecule has 0 atom stereocenters. The van der Waals surface area contributed by atoms with Crippen LogP contribution in [0.25, 0.3) is 0 Å². The van der Waals surface area contributed by atoms with Crippen molar-refractivity contribution in [2.45, 2.75) is 26.9 Å². The monoisotopic (exact) mass is 208 g/mol. The van der Waals surface area contributed by atoms with E-state index in [-0.39, 0.29) is 0 Å². The van der Waals surface area contributed by atoms with Crippen LogP contribution in [0.1, 0.15) is 23.2 Å². The molecule has 0 aliphatic carbocycles. The lowest BCUT2D eigenvalue weighted by atomic mass is 10.4. The second-order valence-corrected chi connectivity index (χ2v) is 3.27. The van der Waals surface area contributed by atoms with Crippen molar-refractivity contribution in [3.05, 3.63) is 29.2 Å². The van der Waals surface area contributed by atoms with Gasteiger partial charge in [-0.25, -0.2) is 0 Å². The van der Waals surface area contributed by atoms with Crippen molar-refractivity contribution in [2.75, 3.05) is 0 Å². The lowest BCUT2D eigenvalue weighted by molar-refractivity contribution is 0.365. The van der Waals surface area contributed by atoms with E-state index < -0.39 is 0 Å². The van der Waals surface area contributed by atoms with Gasteiger partial charge in [-0.3, -0.25) is 0 Å². The molecule has 0 amide bonds. The molecule has 0 unspecified atom stereocenters. The number of nitrogens with one attached hydrogen (secondary N) is 1. The molecule has 0 aliphatic rings. The maximum Gasteiger partial charge on any atom is 0.223 e. The van der Waals surface area contributed by atoms with Crippen molar-refractivity contribution in [3.63, 3.8) is 0 Å². The first-order valence-electron chi connectivity index (χ1n) is 4.66. The number of aryl methyl sites for hydroxylation is 2. The Labute approximate surface area is 86.6 Å². The van der Waals surface area contributed by atoms with Gasteiger partial charge < -0.3 is 14.4 Å². The van der Waals surface area contributed by atoms with Crippen molar-refractivity contribution in [3.8, 4) is 0 Å². The normalized spacial score (nSPS) is 10.8. The molecular weight excluding hydrogens is 196 g/mol. The Morgan fingerprint density at radius 1 is 1.20 bits per heavy atom. The first-order valence-corrected chi connectivity index (χ1v) is 4.66. The van der Waals surface area contributed by atoms with Gasteiger partial charge in [0.1, 0.15) is 0 Å². The van der Waals surface area contributed by atoms with E-state index in [1.54, 1.807) is 6.92 Å². The molecule has 2 aromatic heterocycles. The van der Waals surface area contributed by atoms with E-state index in [1.165, 1.54) is 0 Å². The number of rotatable bonds is 4. The van der Waals surface area contributed by atoms with Crippen molar-refractivity contribution in [1.82, 2.24) is 20.6 Å². The maximum atomic E-state index is 5.03. The molecule has 6 heteroatoms. The van der Waals surface area contributed by atoms with Crippen LogP contribution in [0.2, 0.25) is 0 Å². The Bertz CT molecular complexity index is 395. The second kappa shape index (κ2) is 4.22. The summed E-state index contributed by atoms with van der Waals surface area (Å²) in [5.41, 5.74) is 0.877. The topological polar surface area (TPSA) is 77.0 Å². The van der Waals surface area contributed by atoms with E-state index in [9.17, 15) is 0 Å². The van der Waals surface area contributed by atoms with Crippen LogP contribution in [0.4, 0.5) is 0 Å². The van der Waals surface area contributed by atoms with E-state index >= 15 is 0 Å². The zero-order valence-electron chi connectivity index (χ0n) is 8.65. The third kappa shape index (κ3) is 2.63. The smallest absolute Gasteiger partial charge is 0.223 e. The first-order chi connectivity index (χ1) is 7.24. The molecular formula is C9H12N4O2. The lowest BCUT2D eigenvalue weighted by Crippen LogP contribution is -2.13. The predicted molar refractivity (Wildman–Crippen MR) is 50.8 cm³/mol. The summed E-state index contributed by atoms with van der Waals surface area (Å²) in [7, 11) is 0. The van der Waals surface area contributed by atoms with Crippen LogP contribution < -0.4 is 5.32 Å². The molecule has 0 saturated carbocycles. The Morgan fingerprint density at radius 2 is 2.07 bits per heavy atom. The minimum absolute atomic E-state index is 0.553. The van der Waals surface area contributed by atoms with Gasteiger partial charge in [-0.15, -0.1) is 0 Å². The van der Waals surface area contributed by atoms with Gasteiger partial charge in [0.05, 0.1) is 18.8 Å². The standard InChI is InChI=1S/C9H12N4O2/c1-6-3-8(15-12-6)4-10-5-9-11-7(2)14-13-9/h3,10H,4-5H2,1-2H3. The van der Waals surface area contributed by atoms with Gasteiger partial charge in [0.25, 0.3) is 0 Å². The summed E-state index contributed by atoms with van der Waals surface area (Å²) in [6.07, 6.45) is 0. The molecule has 0 aliphatic heterocycles. The second-order valence-electron chi connectivity index (χ2n) is 3.27.